The number of fused-ring (bicyclic) bond motifs is 1. The minimum atomic E-state index is 0.320. The number of nitrogens with zero attached hydrogens (tertiary/aromatic N) is 4. The standard InChI is InChI=1S/C22H30N6/c1-15(2)10-11-28-14-17(13-24-28)16-8-9-20-19(12-16)21(27-22(23)26-20)25-18-6-4-3-5-7-18/h8-9,12-15,18H,3-7,10-11H2,1-2H3,(H3,23,25,26,27). The molecule has 0 bridgehead atoms. The van der Waals surface area contributed by atoms with Gasteiger partial charge < -0.3 is 11.1 Å². The van der Waals surface area contributed by atoms with Crippen molar-refractivity contribution >= 4 is 22.7 Å². The van der Waals surface area contributed by atoms with Crippen molar-refractivity contribution in [2.75, 3.05) is 11.1 Å². The monoisotopic (exact) mass is 378 g/mol. The highest BCUT2D eigenvalue weighted by molar-refractivity contribution is 5.93. The van der Waals surface area contributed by atoms with Crippen LogP contribution >= 0.6 is 0 Å². The lowest BCUT2D eigenvalue weighted by atomic mass is 9.95. The van der Waals surface area contributed by atoms with Crippen molar-refractivity contribution in [3.8, 4) is 11.1 Å². The number of anilines is 2. The molecule has 28 heavy (non-hydrogen) atoms. The summed E-state index contributed by atoms with van der Waals surface area (Å²) >= 11 is 0. The molecule has 6 nitrogen and oxygen atoms in total. The van der Waals surface area contributed by atoms with Gasteiger partial charge in [0.05, 0.1) is 11.7 Å². The normalized spacial score (nSPS) is 15.4. The lowest BCUT2D eigenvalue weighted by Gasteiger charge is -2.24. The maximum Gasteiger partial charge on any atom is 0.222 e. The highest BCUT2D eigenvalue weighted by Gasteiger charge is 2.16. The zero-order chi connectivity index (χ0) is 19.5. The molecular formula is C22H30N6. The number of nitrogens with one attached hydrogen (secondary N) is 1. The Hall–Kier alpha value is -2.63. The van der Waals surface area contributed by atoms with Crippen LogP contribution in [0, 0.1) is 5.92 Å². The van der Waals surface area contributed by atoms with E-state index >= 15 is 0 Å². The van der Waals surface area contributed by atoms with Crippen LogP contribution in [-0.4, -0.2) is 25.8 Å². The number of nitrogens with two attached hydrogens (primary N) is 1. The number of hydrogen-bond donors (Lipinski definition) is 2. The van der Waals surface area contributed by atoms with Crippen molar-refractivity contribution in [2.24, 2.45) is 5.92 Å². The van der Waals surface area contributed by atoms with Crippen LogP contribution in [0.3, 0.4) is 0 Å². The third-order valence-corrected chi connectivity index (χ3v) is 5.56. The Bertz CT molecular complexity index is 939. The number of aromatic nitrogens is 4. The van der Waals surface area contributed by atoms with E-state index in [0.29, 0.717) is 17.9 Å². The van der Waals surface area contributed by atoms with Crippen LogP contribution in [-0.2, 0) is 6.54 Å². The van der Waals surface area contributed by atoms with Gasteiger partial charge in [0.15, 0.2) is 0 Å². The summed E-state index contributed by atoms with van der Waals surface area (Å²) in [7, 11) is 0. The Labute approximate surface area is 166 Å². The Kier molecular flexibility index (Phi) is 5.46. The zero-order valence-electron chi connectivity index (χ0n) is 16.9. The first-order valence-electron chi connectivity index (χ1n) is 10.4. The van der Waals surface area contributed by atoms with E-state index in [-0.39, 0.29) is 0 Å². The molecule has 1 fully saturated rings. The summed E-state index contributed by atoms with van der Waals surface area (Å²) in [6.45, 7) is 5.42. The van der Waals surface area contributed by atoms with Gasteiger partial charge in [-0.05, 0) is 42.9 Å². The first-order chi connectivity index (χ1) is 13.6. The summed E-state index contributed by atoms with van der Waals surface area (Å²) in [5, 5.41) is 9.17. The van der Waals surface area contributed by atoms with Crippen LogP contribution in [0.15, 0.2) is 30.6 Å². The molecule has 0 aliphatic heterocycles. The number of hydrogen-bond acceptors (Lipinski definition) is 5. The highest BCUT2D eigenvalue weighted by atomic mass is 15.3. The molecular weight excluding hydrogens is 348 g/mol. The number of nitrogen functional groups attached to an aromatic ring is 1. The average molecular weight is 379 g/mol. The van der Waals surface area contributed by atoms with Crippen LogP contribution in [0.4, 0.5) is 11.8 Å². The predicted molar refractivity (Wildman–Crippen MR) is 115 cm³/mol. The van der Waals surface area contributed by atoms with Crippen LogP contribution < -0.4 is 11.1 Å². The quantitative estimate of drug-likeness (QED) is 0.640. The average Bonchev–Trinajstić information content (AvgIpc) is 3.16. The first-order valence-corrected chi connectivity index (χ1v) is 10.4. The van der Waals surface area contributed by atoms with E-state index in [2.05, 4.69) is 52.6 Å². The fourth-order valence-electron chi connectivity index (χ4n) is 3.90. The van der Waals surface area contributed by atoms with Crippen molar-refractivity contribution in [1.29, 1.82) is 0 Å². The van der Waals surface area contributed by atoms with Crippen molar-refractivity contribution < 1.29 is 0 Å². The molecule has 0 atom stereocenters. The van der Waals surface area contributed by atoms with E-state index < -0.39 is 0 Å². The maximum atomic E-state index is 5.96. The van der Waals surface area contributed by atoms with Crippen LogP contribution in [0.1, 0.15) is 52.4 Å². The molecule has 0 unspecified atom stereocenters. The van der Waals surface area contributed by atoms with Crippen LogP contribution in [0.2, 0.25) is 0 Å². The van der Waals surface area contributed by atoms with Crippen LogP contribution in [0.25, 0.3) is 22.0 Å². The second-order valence-electron chi connectivity index (χ2n) is 8.32. The van der Waals surface area contributed by atoms with Crippen molar-refractivity contribution in [1.82, 2.24) is 19.7 Å². The molecule has 2 aromatic heterocycles. The van der Waals surface area contributed by atoms with Crippen molar-refractivity contribution in [2.45, 2.75) is 65.0 Å². The third-order valence-electron chi connectivity index (χ3n) is 5.56. The predicted octanol–water partition coefficient (Wildman–Crippen LogP) is 4.87. The molecule has 0 radical (unpaired) electrons. The van der Waals surface area contributed by atoms with Gasteiger partial charge >= 0.3 is 0 Å². The number of benzene rings is 1. The first kappa shape index (κ1) is 18.7. The summed E-state index contributed by atoms with van der Waals surface area (Å²) in [5.41, 5.74) is 9.09. The summed E-state index contributed by atoms with van der Waals surface area (Å²) in [5.74, 6) is 1.84. The fourth-order valence-corrected chi connectivity index (χ4v) is 3.90. The van der Waals surface area contributed by atoms with Crippen molar-refractivity contribution in [3.63, 3.8) is 0 Å². The van der Waals surface area contributed by atoms with E-state index in [9.17, 15) is 0 Å². The van der Waals surface area contributed by atoms with E-state index in [1.54, 1.807) is 0 Å². The molecule has 1 aromatic carbocycles. The third kappa shape index (κ3) is 4.26. The second-order valence-corrected chi connectivity index (χ2v) is 8.32. The van der Waals surface area contributed by atoms with Gasteiger partial charge in [-0.3, -0.25) is 4.68 Å². The van der Waals surface area contributed by atoms with E-state index in [1.165, 1.54) is 32.1 Å². The minimum Gasteiger partial charge on any atom is -0.368 e. The minimum absolute atomic E-state index is 0.320. The van der Waals surface area contributed by atoms with E-state index in [1.807, 2.05) is 16.9 Å². The van der Waals surface area contributed by atoms with Gasteiger partial charge in [-0.15, -0.1) is 0 Å². The molecule has 1 aliphatic carbocycles. The van der Waals surface area contributed by atoms with Gasteiger partial charge in [0.1, 0.15) is 5.82 Å². The van der Waals surface area contributed by atoms with E-state index in [4.69, 9.17) is 5.73 Å². The molecule has 3 aromatic rings. The molecule has 1 aliphatic rings. The van der Waals surface area contributed by atoms with Crippen LogP contribution in [0.5, 0.6) is 0 Å². The summed E-state index contributed by atoms with van der Waals surface area (Å²) in [4.78, 5) is 8.94. The number of aryl methyl sites for hydroxylation is 1. The SMILES string of the molecule is CC(C)CCn1cc(-c2ccc3nc(N)nc(NC4CCCCC4)c3c2)cn1. The second kappa shape index (κ2) is 8.17. The van der Waals surface area contributed by atoms with Crippen molar-refractivity contribution in [3.05, 3.63) is 30.6 Å². The lowest BCUT2D eigenvalue weighted by Crippen LogP contribution is -2.23. The Balaban J connectivity index is 1.63. The smallest absolute Gasteiger partial charge is 0.222 e. The number of rotatable bonds is 6. The van der Waals surface area contributed by atoms with Gasteiger partial charge in [-0.1, -0.05) is 39.2 Å². The molecule has 4 rings (SSSR count). The summed E-state index contributed by atoms with van der Waals surface area (Å²) < 4.78 is 2.03. The topological polar surface area (TPSA) is 81.7 Å². The lowest BCUT2D eigenvalue weighted by molar-refractivity contribution is 0.462. The Morgan fingerprint density at radius 1 is 1.14 bits per heavy atom. The Morgan fingerprint density at radius 3 is 2.75 bits per heavy atom. The van der Waals surface area contributed by atoms with Gasteiger partial charge in [0, 0.05) is 29.7 Å². The highest BCUT2D eigenvalue weighted by Crippen LogP contribution is 2.30. The Morgan fingerprint density at radius 2 is 1.96 bits per heavy atom. The van der Waals surface area contributed by atoms with Gasteiger partial charge in [0.2, 0.25) is 5.95 Å². The summed E-state index contributed by atoms with van der Waals surface area (Å²) in [6.07, 6.45) is 11.4. The fraction of sp³-hybridized carbons (Fsp3) is 0.500. The molecule has 148 valence electrons. The van der Waals surface area contributed by atoms with E-state index in [0.717, 1.165) is 40.8 Å². The van der Waals surface area contributed by atoms with Gasteiger partial charge in [-0.25, -0.2) is 4.98 Å². The molecule has 0 saturated heterocycles. The molecule has 3 N–H and O–H groups in total. The molecule has 0 amide bonds. The molecule has 2 heterocycles. The van der Waals surface area contributed by atoms with Gasteiger partial charge in [0.25, 0.3) is 0 Å². The largest absolute Gasteiger partial charge is 0.368 e. The van der Waals surface area contributed by atoms with Gasteiger partial charge in [-0.2, -0.15) is 10.1 Å². The molecule has 1 saturated carbocycles. The maximum absolute atomic E-state index is 5.96. The molecule has 6 heteroatoms. The zero-order valence-corrected chi connectivity index (χ0v) is 16.9. The summed E-state index contributed by atoms with van der Waals surface area (Å²) in [6, 6.07) is 6.74. The molecule has 0 spiro atoms.